The number of aromatic nitrogens is 1. The monoisotopic (exact) mass is 199 g/mol. The van der Waals surface area contributed by atoms with Crippen LogP contribution in [-0.4, -0.2) is 10.8 Å². The maximum Gasteiger partial charge on any atom is 0.164 e. The molecule has 0 bridgehead atoms. The van der Waals surface area contributed by atoms with Crippen molar-refractivity contribution in [2.75, 3.05) is 0 Å². The van der Waals surface area contributed by atoms with Crippen molar-refractivity contribution in [2.24, 2.45) is 0 Å². The van der Waals surface area contributed by atoms with Crippen molar-refractivity contribution >= 4 is 16.7 Å². The normalized spacial score (nSPS) is 10.5. The molecule has 0 fully saturated rings. The van der Waals surface area contributed by atoms with Crippen LogP contribution in [0.2, 0.25) is 0 Å². The highest BCUT2D eigenvalue weighted by Gasteiger charge is 2.05. The van der Waals surface area contributed by atoms with Gasteiger partial charge in [0.15, 0.2) is 5.78 Å². The Morgan fingerprint density at radius 2 is 2.13 bits per heavy atom. The first-order valence-corrected chi connectivity index (χ1v) is 5.19. The molecule has 0 saturated heterocycles. The number of pyridine rings is 1. The van der Waals surface area contributed by atoms with Crippen LogP contribution in [0, 0.1) is 0 Å². The molecule has 0 saturated carbocycles. The summed E-state index contributed by atoms with van der Waals surface area (Å²) < 4.78 is 0. The largest absolute Gasteiger partial charge is 0.294 e. The zero-order valence-corrected chi connectivity index (χ0v) is 8.73. The van der Waals surface area contributed by atoms with Crippen molar-refractivity contribution < 1.29 is 4.79 Å². The maximum absolute atomic E-state index is 11.6. The maximum atomic E-state index is 11.6. The highest BCUT2D eigenvalue weighted by atomic mass is 16.1. The number of fused-ring (bicyclic) bond motifs is 1. The van der Waals surface area contributed by atoms with Crippen LogP contribution in [0.15, 0.2) is 36.5 Å². The molecule has 2 nitrogen and oxygen atoms in total. The number of ketones is 1. The summed E-state index contributed by atoms with van der Waals surface area (Å²) in [6.45, 7) is 2.01. The molecule has 0 aliphatic heterocycles. The third-order valence-corrected chi connectivity index (χ3v) is 2.39. The standard InChI is InChI=1S/C13H13NO/c1-2-5-13(15)11-8-10-6-3-4-7-12(10)14-9-11/h3-4,6-9H,2,5H2,1H3. The van der Waals surface area contributed by atoms with Gasteiger partial charge in [0.1, 0.15) is 0 Å². The fourth-order valence-corrected chi connectivity index (χ4v) is 1.59. The van der Waals surface area contributed by atoms with Crippen molar-refractivity contribution in [1.82, 2.24) is 4.98 Å². The van der Waals surface area contributed by atoms with Gasteiger partial charge in [0.2, 0.25) is 0 Å². The van der Waals surface area contributed by atoms with Crippen molar-refractivity contribution in [3.63, 3.8) is 0 Å². The van der Waals surface area contributed by atoms with Gasteiger partial charge in [-0.1, -0.05) is 25.1 Å². The molecular formula is C13H13NO. The van der Waals surface area contributed by atoms with Crippen LogP contribution in [-0.2, 0) is 0 Å². The molecule has 1 aromatic heterocycles. The molecule has 0 N–H and O–H groups in total. The summed E-state index contributed by atoms with van der Waals surface area (Å²) in [6.07, 6.45) is 3.14. The Labute approximate surface area is 89.0 Å². The molecule has 2 aromatic rings. The third kappa shape index (κ3) is 2.04. The zero-order chi connectivity index (χ0) is 10.7. The Balaban J connectivity index is 2.42. The Hall–Kier alpha value is -1.70. The predicted molar refractivity (Wildman–Crippen MR) is 61.0 cm³/mol. The van der Waals surface area contributed by atoms with Gasteiger partial charge in [0.05, 0.1) is 5.52 Å². The van der Waals surface area contributed by atoms with Crippen molar-refractivity contribution in [3.05, 3.63) is 42.1 Å². The van der Waals surface area contributed by atoms with E-state index in [-0.39, 0.29) is 5.78 Å². The number of rotatable bonds is 3. The number of benzene rings is 1. The van der Waals surface area contributed by atoms with E-state index in [1.54, 1.807) is 6.20 Å². The van der Waals surface area contributed by atoms with Crippen LogP contribution >= 0.6 is 0 Å². The smallest absolute Gasteiger partial charge is 0.164 e. The average Bonchev–Trinajstić information content (AvgIpc) is 2.29. The number of para-hydroxylation sites is 1. The lowest BCUT2D eigenvalue weighted by Gasteiger charge is -2.01. The van der Waals surface area contributed by atoms with E-state index >= 15 is 0 Å². The second kappa shape index (κ2) is 4.22. The minimum atomic E-state index is 0.177. The number of nitrogens with zero attached hydrogens (tertiary/aromatic N) is 1. The molecule has 15 heavy (non-hydrogen) atoms. The Kier molecular flexibility index (Phi) is 2.77. The first-order valence-electron chi connectivity index (χ1n) is 5.19. The van der Waals surface area contributed by atoms with Crippen LogP contribution in [0.1, 0.15) is 30.1 Å². The van der Waals surface area contributed by atoms with E-state index in [2.05, 4.69) is 4.98 Å². The Morgan fingerprint density at radius 1 is 1.33 bits per heavy atom. The van der Waals surface area contributed by atoms with Crippen LogP contribution in [0.25, 0.3) is 10.9 Å². The third-order valence-electron chi connectivity index (χ3n) is 2.39. The van der Waals surface area contributed by atoms with E-state index in [1.807, 2.05) is 37.3 Å². The van der Waals surface area contributed by atoms with Crippen molar-refractivity contribution in [2.45, 2.75) is 19.8 Å². The molecule has 0 amide bonds. The molecule has 2 heteroatoms. The van der Waals surface area contributed by atoms with E-state index in [0.717, 1.165) is 22.9 Å². The lowest BCUT2D eigenvalue weighted by atomic mass is 10.1. The second-order valence-corrected chi connectivity index (χ2v) is 3.59. The number of carbonyl (C=O) groups excluding carboxylic acids is 1. The summed E-state index contributed by atoms with van der Waals surface area (Å²) >= 11 is 0. The van der Waals surface area contributed by atoms with Crippen molar-refractivity contribution in [1.29, 1.82) is 0 Å². The van der Waals surface area contributed by atoms with Gasteiger partial charge in [0, 0.05) is 23.6 Å². The molecule has 0 aliphatic rings. The van der Waals surface area contributed by atoms with Crippen LogP contribution in [0.3, 0.4) is 0 Å². The summed E-state index contributed by atoms with van der Waals surface area (Å²) in [4.78, 5) is 15.9. The van der Waals surface area contributed by atoms with E-state index in [4.69, 9.17) is 0 Å². The molecule has 0 aliphatic carbocycles. The van der Waals surface area contributed by atoms with Gasteiger partial charge in [-0.25, -0.2) is 0 Å². The molecule has 0 radical (unpaired) electrons. The van der Waals surface area contributed by atoms with Crippen LogP contribution in [0.4, 0.5) is 0 Å². The molecule has 2 rings (SSSR count). The second-order valence-electron chi connectivity index (χ2n) is 3.59. The molecule has 0 unspecified atom stereocenters. The first kappa shape index (κ1) is 9.84. The van der Waals surface area contributed by atoms with E-state index in [9.17, 15) is 4.79 Å². The van der Waals surface area contributed by atoms with E-state index < -0.39 is 0 Å². The topological polar surface area (TPSA) is 30.0 Å². The fourth-order valence-electron chi connectivity index (χ4n) is 1.59. The molecular weight excluding hydrogens is 186 g/mol. The molecule has 0 atom stereocenters. The number of carbonyl (C=O) groups is 1. The van der Waals surface area contributed by atoms with Gasteiger partial charge in [-0.15, -0.1) is 0 Å². The average molecular weight is 199 g/mol. The molecule has 1 heterocycles. The first-order chi connectivity index (χ1) is 7.31. The number of Topliss-reactive ketones (excluding diaryl/α,β-unsaturated/α-hetero) is 1. The molecule has 1 aromatic carbocycles. The Bertz CT molecular complexity index is 491. The van der Waals surface area contributed by atoms with Crippen molar-refractivity contribution in [3.8, 4) is 0 Å². The molecule has 0 spiro atoms. The highest BCUT2D eigenvalue weighted by molar-refractivity contribution is 5.98. The Morgan fingerprint density at radius 3 is 2.93 bits per heavy atom. The molecule has 76 valence electrons. The van der Waals surface area contributed by atoms with Gasteiger partial charge in [0.25, 0.3) is 0 Å². The quantitative estimate of drug-likeness (QED) is 0.710. The summed E-state index contributed by atoms with van der Waals surface area (Å²) in [5.41, 5.74) is 1.65. The highest BCUT2D eigenvalue weighted by Crippen LogP contribution is 2.14. The zero-order valence-electron chi connectivity index (χ0n) is 8.73. The van der Waals surface area contributed by atoms with Gasteiger partial charge >= 0.3 is 0 Å². The minimum Gasteiger partial charge on any atom is -0.294 e. The predicted octanol–water partition coefficient (Wildman–Crippen LogP) is 3.22. The van der Waals surface area contributed by atoms with Crippen LogP contribution < -0.4 is 0 Å². The fraction of sp³-hybridized carbons (Fsp3) is 0.231. The minimum absolute atomic E-state index is 0.177. The lowest BCUT2D eigenvalue weighted by Crippen LogP contribution is -1.98. The summed E-state index contributed by atoms with van der Waals surface area (Å²) in [5.74, 6) is 0.177. The number of hydrogen-bond acceptors (Lipinski definition) is 2. The van der Waals surface area contributed by atoms with Crippen LogP contribution in [0.5, 0.6) is 0 Å². The van der Waals surface area contributed by atoms with Gasteiger partial charge in [-0.2, -0.15) is 0 Å². The lowest BCUT2D eigenvalue weighted by molar-refractivity contribution is 0.0981. The SMILES string of the molecule is CCCC(=O)c1cnc2ccccc2c1. The number of hydrogen-bond donors (Lipinski definition) is 0. The summed E-state index contributed by atoms with van der Waals surface area (Å²) in [6, 6.07) is 9.75. The summed E-state index contributed by atoms with van der Waals surface area (Å²) in [5, 5.41) is 1.03. The van der Waals surface area contributed by atoms with Gasteiger partial charge < -0.3 is 0 Å². The van der Waals surface area contributed by atoms with E-state index in [0.29, 0.717) is 6.42 Å². The van der Waals surface area contributed by atoms with Gasteiger partial charge in [-0.05, 0) is 18.6 Å². The van der Waals surface area contributed by atoms with E-state index in [1.165, 1.54) is 0 Å². The van der Waals surface area contributed by atoms with Gasteiger partial charge in [-0.3, -0.25) is 9.78 Å². The summed E-state index contributed by atoms with van der Waals surface area (Å²) in [7, 11) is 0.